The van der Waals surface area contributed by atoms with Gasteiger partial charge >= 0.3 is 0 Å². The van der Waals surface area contributed by atoms with Gasteiger partial charge in [0.1, 0.15) is 17.6 Å². The first-order valence-corrected chi connectivity index (χ1v) is 11.5. The summed E-state index contributed by atoms with van der Waals surface area (Å²) in [5, 5.41) is 16.2. The predicted octanol–water partition coefficient (Wildman–Crippen LogP) is 4.66. The molecular weight excluding hydrogens is 458 g/mol. The Hall–Kier alpha value is -3.39. The predicted molar refractivity (Wildman–Crippen MR) is 118 cm³/mol. The summed E-state index contributed by atoms with van der Waals surface area (Å²) in [4.78, 5) is 3.84. The maximum atomic E-state index is 12.6. The molecule has 31 heavy (non-hydrogen) atoms. The zero-order chi connectivity index (χ0) is 22.0. The van der Waals surface area contributed by atoms with Gasteiger partial charge in [0.2, 0.25) is 0 Å². The molecule has 11 heteroatoms. The van der Waals surface area contributed by atoms with Gasteiger partial charge in [0.05, 0.1) is 16.7 Å². The number of nitriles is 1. The third-order valence-corrected chi connectivity index (χ3v) is 6.60. The van der Waals surface area contributed by atoms with Crippen LogP contribution in [-0.2, 0) is 17.1 Å². The van der Waals surface area contributed by atoms with Crippen LogP contribution >= 0.6 is 22.9 Å². The number of nitrogens with one attached hydrogen (secondary N) is 1. The highest BCUT2D eigenvalue weighted by Crippen LogP contribution is 2.37. The van der Waals surface area contributed by atoms with Crippen LogP contribution in [0.1, 0.15) is 5.56 Å². The minimum absolute atomic E-state index is 0.0640. The largest absolute Gasteiger partial charge is 0.455 e. The fraction of sp³-hybridized carbons (Fsp3) is 0.0500. The van der Waals surface area contributed by atoms with Crippen LogP contribution in [0.3, 0.4) is 0 Å². The molecule has 0 unspecified atom stereocenters. The molecule has 0 atom stereocenters. The Morgan fingerprint density at radius 3 is 2.71 bits per heavy atom. The summed E-state index contributed by atoms with van der Waals surface area (Å²) in [7, 11) is -2.10. The van der Waals surface area contributed by atoms with Crippen molar-refractivity contribution in [3.8, 4) is 28.7 Å². The van der Waals surface area contributed by atoms with Gasteiger partial charge in [-0.1, -0.05) is 11.6 Å². The summed E-state index contributed by atoms with van der Waals surface area (Å²) in [5.74, 6) is 0.661. The van der Waals surface area contributed by atoms with Crippen LogP contribution in [0.25, 0.3) is 11.1 Å². The zero-order valence-electron chi connectivity index (χ0n) is 16.0. The van der Waals surface area contributed by atoms with Gasteiger partial charge in [0.15, 0.2) is 5.13 Å². The number of aryl methyl sites for hydroxylation is 1. The molecule has 2 heterocycles. The van der Waals surface area contributed by atoms with E-state index >= 15 is 0 Å². The van der Waals surface area contributed by atoms with Crippen LogP contribution in [0, 0.1) is 11.3 Å². The van der Waals surface area contributed by atoms with E-state index in [1.807, 2.05) is 12.3 Å². The summed E-state index contributed by atoms with van der Waals surface area (Å²) in [5.41, 5.74) is 1.53. The van der Waals surface area contributed by atoms with Crippen molar-refractivity contribution in [2.75, 3.05) is 4.72 Å². The van der Waals surface area contributed by atoms with Gasteiger partial charge in [-0.2, -0.15) is 10.4 Å². The van der Waals surface area contributed by atoms with Gasteiger partial charge in [-0.15, -0.1) is 11.3 Å². The van der Waals surface area contributed by atoms with E-state index in [0.29, 0.717) is 16.3 Å². The van der Waals surface area contributed by atoms with Crippen molar-refractivity contribution in [2.24, 2.45) is 7.05 Å². The van der Waals surface area contributed by atoms with Crippen LogP contribution in [0.15, 0.2) is 65.3 Å². The zero-order valence-corrected chi connectivity index (χ0v) is 18.4. The van der Waals surface area contributed by atoms with Crippen molar-refractivity contribution >= 4 is 38.1 Å². The van der Waals surface area contributed by atoms with Crippen LogP contribution in [-0.4, -0.2) is 23.2 Å². The highest BCUT2D eigenvalue weighted by molar-refractivity contribution is 7.93. The van der Waals surface area contributed by atoms with E-state index in [1.54, 1.807) is 41.5 Å². The normalized spacial score (nSPS) is 11.1. The van der Waals surface area contributed by atoms with E-state index in [0.717, 1.165) is 16.9 Å². The quantitative estimate of drug-likeness (QED) is 0.438. The monoisotopic (exact) mass is 471 g/mol. The van der Waals surface area contributed by atoms with Crippen molar-refractivity contribution in [3.05, 3.63) is 71.0 Å². The number of sulfonamides is 1. The van der Waals surface area contributed by atoms with Crippen molar-refractivity contribution in [1.29, 1.82) is 5.26 Å². The second kappa shape index (κ2) is 8.39. The maximum absolute atomic E-state index is 12.6. The molecule has 0 amide bonds. The van der Waals surface area contributed by atoms with Gasteiger partial charge in [-0.05, 0) is 36.4 Å². The first-order valence-electron chi connectivity index (χ1n) is 8.78. The fourth-order valence-corrected chi connectivity index (χ4v) is 4.78. The summed E-state index contributed by atoms with van der Waals surface area (Å²) >= 11 is 7.30. The van der Waals surface area contributed by atoms with E-state index in [9.17, 15) is 13.7 Å². The average molecular weight is 472 g/mol. The van der Waals surface area contributed by atoms with Crippen LogP contribution in [0.5, 0.6) is 11.5 Å². The highest BCUT2D eigenvalue weighted by atomic mass is 35.5. The SMILES string of the molecule is Cn1cc(-c2cc(Cl)ccc2Oc2ccc(S(=O)(=O)Nc3nccs3)cc2C#N)cn1. The lowest BCUT2D eigenvalue weighted by Gasteiger charge is -2.13. The Morgan fingerprint density at radius 1 is 1.23 bits per heavy atom. The number of hydrogen-bond donors (Lipinski definition) is 1. The highest BCUT2D eigenvalue weighted by Gasteiger charge is 2.19. The van der Waals surface area contributed by atoms with Crippen molar-refractivity contribution < 1.29 is 13.2 Å². The number of ether oxygens (including phenoxy) is 1. The molecule has 2 aromatic carbocycles. The number of aromatic nitrogens is 3. The second-order valence-electron chi connectivity index (χ2n) is 6.36. The number of anilines is 1. The first kappa shape index (κ1) is 20.9. The molecule has 0 fully saturated rings. The van der Waals surface area contributed by atoms with Gasteiger partial charge in [-0.25, -0.2) is 13.4 Å². The molecule has 2 aromatic heterocycles. The topological polar surface area (TPSA) is 110 Å². The van der Waals surface area contributed by atoms with Gasteiger partial charge in [-0.3, -0.25) is 9.40 Å². The molecule has 0 spiro atoms. The van der Waals surface area contributed by atoms with Crippen molar-refractivity contribution in [3.63, 3.8) is 0 Å². The molecule has 0 bridgehead atoms. The second-order valence-corrected chi connectivity index (χ2v) is 9.37. The number of nitrogens with zero attached hydrogens (tertiary/aromatic N) is 4. The number of rotatable bonds is 6. The van der Waals surface area contributed by atoms with E-state index in [-0.39, 0.29) is 21.3 Å². The fourth-order valence-electron chi connectivity index (χ4n) is 2.80. The van der Waals surface area contributed by atoms with Crippen LogP contribution in [0.4, 0.5) is 5.13 Å². The minimum Gasteiger partial charge on any atom is -0.455 e. The molecule has 0 aliphatic carbocycles. The lowest BCUT2D eigenvalue weighted by atomic mass is 10.1. The molecule has 0 saturated carbocycles. The minimum atomic E-state index is -3.90. The Bertz CT molecular complexity index is 1390. The maximum Gasteiger partial charge on any atom is 0.263 e. The van der Waals surface area contributed by atoms with Gasteiger partial charge < -0.3 is 4.74 Å². The van der Waals surface area contributed by atoms with Gasteiger partial charge in [0.25, 0.3) is 10.0 Å². The third-order valence-electron chi connectivity index (χ3n) is 4.21. The molecule has 4 aromatic rings. The molecule has 0 radical (unpaired) electrons. The summed E-state index contributed by atoms with van der Waals surface area (Å²) in [6.07, 6.45) is 4.97. The Labute approximate surface area is 187 Å². The van der Waals surface area contributed by atoms with E-state index in [4.69, 9.17) is 16.3 Å². The van der Waals surface area contributed by atoms with Crippen LogP contribution < -0.4 is 9.46 Å². The molecule has 156 valence electrons. The number of hydrogen-bond acceptors (Lipinski definition) is 7. The first-order chi connectivity index (χ1) is 14.9. The summed E-state index contributed by atoms with van der Waals surface area (Å²) in [6.45, 7) is 0. The Morgan fingerprint density at radius 2 is 2.03 bits per heavy atom. The lowest BCUT2D eigenvalue weighted by Crippen LogP contribution is -2.13. The number of benzene rings is 2. The molecular formula is C20H14ClN5O3S2. The average Bonchev–Trinajstić information content (AvgIpc) is 3.40. The van der Waals surface area contributed by atoms with Gasteiger partial charge in [0, 0.05) is 41.0 Å². The van der Waals surface area contributed by atoms with E-state index in [2.05, 4.69) is 14.8 Å². The molecule has 1 N–H and O–H groups in total. The Balaban J connectivity index is 1.68. The van der Waals surface area contributed by atoms with E-state index < -0.39 is 10.0 Å². The molecule has 4 rings (SSSR count). The molecule has 0 aliphatic rings. The van der Waals surface area contributed by atoms with Crippen LogP contribution in [0.2, 0.25) is 5.02 Å². The smallest absolute Gasteiger partial charge is 0.263 e. The Kier molecular flexibility index (Phi) is 5.65. The molecule has 0 saturated heterocycles. The third kappa shape index (κ3) is 4.54. The molecule has 0 aliphatic heterocycles. The number of thiazole rings is 1. The molecule has 8 nitrogen and oxygen atoms in total. The van der Waals surface area contributed by atoms with Crippen molar-refractivity contribution in [2.45, 2.75) is 4.90 Å². The number of halogens is 1. The van der Waals surface area contributed by atoms with E-state index in [1.165, 1.54) is 24.4 Å². The van der Waals surface area contributed by atoms with Crippen molar-refractivity contribution in [1.82, 2.24) is 14.8 Å². The standard InChI is InChI=1S/C20H14ClN5O3S2/c1-26-12-14(11-24-26)17-9-15(21)2-4-19(17)29-18-5-3-16(8-13(18)10-22)31(27,28)25-20-23-6-7-30-20/h2-9,11-12H,1H3,(H,23,25). The summed E-state index contributed by atoms with van der Waals surface area (Å²) in [6, 6.07) is 11.1. The summed E-state index contributed by atoms with van der Waals surface area (Å²) < 4.78 is 35.2. The lowest BCUT2D eigenvalue weighted by molar-refractivity contribution is 0.482.